The number of hydrogen-bond donors (Lipinski definition) is 2. The first-order valence-electron chi connectivity index (χ1n) is 5.64. The SMILES string of the molecule is Cc1c(NCc2cccnc2)cccc1C(=O)O. The number of carboxylic acid groups (broad SMARTS) is 1. The molecule has 0 bridgehead atoms. The Labute approximate surface area is 105 Å². The van der Waals surface area contributed by atoms with E-state index in [0.29, 0.717) is 12.1 Å². The first kappa shape index (κ1) is 12.1. The number of aromatic nitrogens is 1. The quantitative estimate of drug-likeness (QED) is 0.865. The number of nitrogens with one attached hydrogen (secondary N) is 1. The Balaban J connectivity index is 2.15. The molecule has 1 aromatic carbocycles. The molecule has 0 aliphatic rings. The Morgan fingerprint density at radius 2 is 2.17 bits per heavy atom. The summed E-state index contributed by atoms with van der Waals surface area (Å²) in [5.74, 6) is -0.905. The number of carbonyl (C=O) groups is 1. The van der Waals surface area contributed by atoms with Crippen LogP contribution in [-0.4, -0.2) is 16.1 Å². The molecule has 0 spiro atoms. The molecule has 1 aromatic heterocycles. The van der Waals surface area contributed by atoms with Gasteiger partial charge in [-0.1, -0.05) is 12.1 Å². The molecule has 0 aliphatic carbocycles. The average molecular weight is 242 g/mol. The zero-order chi connectivity index (χ0) is 13.0. The van der Waals surface area contributed by atoms with Crippen molar-refractivity contribution in [3.8, 4) is 0 Å². The standard InChI is InChI=1S/C14H14N2O2/c1-10-12(14(17)18)5-2-6-13(10)16-9-11-4-3-7-15-8-11/h2-8,16H,9H2,1H3,(H,17,18). The van der Waals surface area contributed by atoms with Gasteiger partial charge in [0, 0.05) is 24.6 Å². The Morgan fingerprint density at radius 1 is 1.33 bits per heavy atom. The molecule has 0 atom stereocenters. The van der Waals surface area contributed by atoms with Crippen LogP contribution in [0.25, 0.3) is 0 Å². The lowest BCUT2D eigenvalue weighted by molar-refractivity contribution is 0.0696. The fraction of sp³-hybridized carbons (Fsp3) is 0.143. The summed E-state index contributed by atoms with van der Waals surface area (Å²) in [6.07, 6.45) is 3.50. The second-order valence-electron chi connectivity index (χ2n) is 4.00. The monoisotopic (exact) mass is 242 g/mol. The molecule has 0 radical (unpaired) electrons. The summed E-state index contributed by atoms with van der Waals surface area (Å²) in [6.45, 7) is 2.42. The van der Waals surface area contributed by atoms with E-state index in [1.54, 1.807) is 31.5 Å². The van der Waals surface area contributed by atoms with Crippen LogP contribution in [0.15, 0.2) is 42.7 Å². The number of aromatic carboxylic acids is 1. The topological polar surface area (TPSA) is 62.2 Å². The molecule has 18 heavy (non-hydrogen) atoms. The first-order chi connectivity index (χ1) is 8.68. The summed E-state index contributed by atoms with van der Waals surface area (Å²) in [7, 11) is 0. The highest BCUT2D eigenvalue weighted by molar-refractivity contribution is 5.91. The third-order valence-electron chi connectivity index (χ3n) is 2.77. The second kappa shape index (κ2) is 5.31. The van der Waals surface area contributed by atoms with Crippen molar-refractivity contribution < 1.29 is 9.90 Å². The van der Waals surface area contributed by atoms with Crippen molar-refractivity contribution in [2.24, 2.45) is 0 Å². The summed E-state index contributed by atoms with van der Waals surface area (Å²) in [5.41, 5.74) is 2.96. The molecule has 2 aromatic rings. The predicted octanol–water partition coefficient (Wildman–Crippen LogP) is 2.70. The van der Waals surface area contributed by atoms with Crippen LogP contribution in [0.2, 0.25) is 0 Å². The Morgan fingerprint density at radius 3 is 2.83 bits per heavy atom. The number of rotatable bonds is 4. The zero-order valence-electron chi connectivity index (χ0n) is 10.1. The Hall–Kier alpha value is -2.36. The molecule has 4 nitrogen and oxygen atoms in total. The second-order valence-corrected chi connectivity index (χ2v) is 4.00. The fourth-order valence-electron chi connectivity index (χ4n) is 1.76. The van der Waals surface area contributed by atoms with E-state index >= 15 is 0 Å². The number of carboxylic acids is 1. The molecule has 0 fully saturated rings. The average Bonchev–Trinajstić information content (AvgIpc) is 2.38. The van der Waals surface area contributed by atoms with E-state index in [1.165, 1.54) is 0 Å². The van der Waals surface area contributed by atoms with Crippen molar-refractivity contribution in [2.75, 3.05) is 5.32 Å². The maximum atomic E-state index is 11.0. The van der Waals surface area contributed by atoms with Gasteiger partial charge in [-0.3, -0.25) is 4.98 Å². The van der Waals surface area contributed by atoms with Crippen LogP contribution in [0.3, 0.4) is 0 Å². The Bertz CT molecular complexity index is 553. The summed E-state index contributed by atoms with van der Waals surface area (Å²) < 4.78 is 0. The number of nitrogens with zero attached hydrogens (tertiary/aromatic N) is 1. The third-order valence-corrected chi connectivity index (χ3v) is 2.77. The molecule has 0 saturated carbocycles. The highest BCUT2D eigenvalue weighted by atomic mass is 16.4. The van der Waals surface area contributed by atoms with Gasteiger partial charge in [0.05, 0.1) is 5.56 Å². The van der Waals surface area contributed by atoms with Crippen molar-refractivity contribution >= 4 is 11.7 Å². The van der Waals surface area contributed by atoms with Crippen molar-refractivity contribution in [3.05, 3.63) is 59.4 Å². The summed E-state index contributed by atoms with van der Waals surface area (Å²) >= 11 is 0. The van der Waals surface area contributed by atoms with E-state index in [4.69, 9.17) is 5.11 Å². The predicted molar refractivity (Wildman–Crippen MR) is 69.7 cm³/mol. The van der Waals surface area contributed by atoms with Gasteiger partial charge in [-0.2, -0.15) is 0 Å². The summed E-state index contributed by atoms with van der Waals surface area (Å²) in [5, 5.41) is 12.3. The molecule has 0 saturated heterocycles. The van der Waals surface area contributed by atoms with Crippen LogP contribution in [-0.2, 0) is 6.54 Å². The molecule has 2 rings (SSSR count). The maximum Gasteiger partial charge on any atom is 0.336 e. The van der Waals surface area contributed by atoms with Crippen molar-refractivity contribution in [2.45, 2.75) is 13.5 Å². The number of benzene rings is 1. The molecule has 0 unspecified atom stereocenters. The van der Waals surface area contributed by atoms with Gasteiger partial charge in [0.1, 0.15) is 0 Å². The molecule has 0 amide bonds. The van der Waals surface area contributed by atoms with E-state index in [9.17, 15) is 4.79 Å². The lowest BCUT2D eigenvalue weighted by Crippen LogP contribution is -2.05. The van der Waals surface area contributed by atoms with Gasteiger partial charge >= 0.3 is 5.97 Å². The van der Waals surface area contributed by atoms with E-state index in [1.807, 2.05) is 18.2 Å². The third kappa shape index (κ3) is 2.66. The van der Waals surface area contributed by atoms with Crippen LogP contribution in [0.1, 0.15) is 21.5 Å². The van der Waals surface area contributed by atoms with Gasteiger partial charge in [0.2, 0.25) is 0 Å². The van der Waals surface area contributed by atoms with E-state index in [0.717, 1.165) is 16.8 Å². The van der Waals surface area contributed by atoms with Gasteiger partial charge in [0.15, 0.2) is 0 Å². The van der Waals surface area contributed by atoms with E-state index < -0.39 is 5.97 Å². The van der Waals surface area contributed by atoms with Crippen LogP contribution in [0, 0.1) is 6.92 Å². The molecule has 4 heteroatoms. The smallest absolute Gasteiger partial charge is 0.336 e. The van der Waals surface area contributed by atoms with Crippen LogP contribution in [0.4, 0.5) is 5.69 Å². The van der Waals surface area contributed by atoms with Gasteiger partial charge in [-0.15, -0.1) is 0 Å². The molecule has 2 N–H and O–H groups in total. The van der Waals surface area contributed by atoms with Gasteiger partial charge in [0.25, 0.3) is 0 Å². The van der Waals surface area contributed by atoms with Gasteiger partial charge in [-0.05, 0) is 36.2 Å². The lowest BCUT2D eigenvalue weighted by Gasteiger charge is -2.11. The molecular formula is C14H14N2O2. The van der Waals surface area contributed by atoms with Crippen LogP contribution < -0.4 is 5.32 Å². The normalized spacial score (nSPS) is 10.1. The maximum absolute atomic E-state index is 11.0. The van der Waals surface area contributed by atoms with Gasteiger partial charge in [-0.25, -0.2) is 4.79 Å². The number of pyridine rings is 1. The molecular weight excluding hydrogens is 228 g/mol. The Kier molecular flexibility index (Phi) is 3.57. The minimum Gasteiger partial charge on any atom is -0.478 e. The molecule has 0 aliphatic heterocycles. The lowest BCUT2D eigenvalue weighted by atomic mass is 10.1. The number of anilines is 1. The first-order valence-corrected chi connectivity index (χ1v) is 5.64. The molecule has 92 valence electrons. The largest absolute Gasteiger partial charge is 0.478 e. The van der Waals surface area contributed by atoms with Crippen LogP contribution >= 0.6 is 0 Å². The van der Waals surface area contributed by atoms with Crippen molar-refractivity contribution in [1.29, 1.82) is 0 Å². The highest BCUT2D eigenvalue weighted by Crippen LogP contribution is 2.19. The van der Waals surface area contributed by atoms with E-state index in [-0.39, 0.29) is 0 Å². The minimum atomic E-state index is -0.905. The van der Waals surface area contributed by atoms with Gasteiger partial charge < -0.3 is 10.4 Å². The minimum absolute atomic E-state index is 0.325. The van der Waals surface area contributed by atoms with E-state index in [2.05, 4.69) is 10.3 Å². The fourth-order valence-corrected chi connectivity index (χ4v) is 1.76. The summed E-state index contributed by atoms with van der Waals surface area (Å²) in [6, 6.07) is 9.06. The van der Waals surface area contributed by atoms with Crippen LogP contribution in [0.5, 0.6) is 0 Å². The summed E-state index contributed by atoms with van der Waals surface area (Å²) in [4.78, 5) is 15.0. The van der Waals surface area contributed by atoms with Crippen molar-refractivity contribution in [3.63, 3.8) is 0 Å². The molecule has 1 heterocycles. The highest BCUT2D eigenvalue weighted by Gasteiger charge is 2.09. The number of hydrogen-bond acceptors (Lipinski definition) is 3. The van der Waals surface area contributed by atoms with Crippen molar-refractivity contribution in [1.82, 2.24) is 4.98 Å². The zero-order valence-corrected chi connectivity index (χ0v) is 10.1.